The quantitative estimate of drug-likeness (QED) is 0.248. The highest BCUT2D eigenvalue weighted by Gasteiger charge is 2.20. The number of benzene rings is 3. The second kappa shape index (κ2) is 11.1. The molecule has 0 radical (unpaired) electrons. The van der Waals surface area contributed by atoms with Crippen molar-refractivity contribution in [3.8, 4) is 6.07 Å². The number of nitriles is 1. The highest BCUT2D eigenvalue weighted by atomic mass is 16.2. The molecule has 0 spiro atoms. The van der Waals surface area contributed by atoms with E-state index in [0.717, 1.165) is 22.4 Å². The van der Waals surface area contributed by atoms with E-state index in [0.29, 0.717) is 33.7 Å². The lowest BCUT2D eigenvalue weighted by molar-refractivity contribution is 0.0938. The molecule has 1 atom stereocenters. The maximum atomic E-state index is 13.2. The SMILES string of the molecule is Cc1ccc(NC(=O)c2ccc(C#N)cc2)cc1Nc1ncnn2cc(C(=O)N[C@@H](C)c3ccccc3)c(C)c12. The Morgan fingerprint density at radius 2 is 1.73 bits per heavy atom. The van der Waals surface area contributed by atoms with Gasteiger partial charge in [0.25, 0.3) is 11.8 Å². The Labute approximate surface area is 231 Å². The molecule has 0 fully saturated rings. The van der Waals surface area contributed by atoms with Crippen molar-refractivity contribution < 1.29 is 9.59 Å². The van der Waals surface area contributed by atoms with Gasteiger partial charge in [0.15, 0.2) is 5.82 Å². The molecule has 0 unspecified atom stereocenters. The number of nitrogens with zero attached hydrogens (tertiary/aromatic N) is 4. The van der Waals surface area contributed by atoms with Crippen LogP contribution in [-0.4, -0.2) is 26.4 Å². The minimum Gasteiger partial charge on any atom is -0.345 e. The molecule has 2 heterocycles. The predicted molar refractivity (Wildman–Crippen MR) is 154 cm³/mol. The molecule has 40 heavy (non-hydrogen) atoms. The number of nitrogens with one attached hydrogen (secondary N) is 3. The van der Waals surface area contributed by atoms with E-state index in [-0.39, 0.29) is 17.9 Å². The van der Waals surface area contributed by atoms with Crippen LogP contribution in [0.1, 0.15) is 55.9 Å². The van der Waals surface area contributed by atoms with Crippen molar-refractivity contribution in [3.63, 3.8) is 0 Å². The Morgan fingerprint density at radius 3 is 2.45 bits per heavy atom. The van der Waals surface area contributed by atoms with Crippen LogP contribution in [-0.2, 0) is 0 Å². The van der Waals surface area contributed by atoms with Gasteiger partial charge >= 0.3 is 0 Å². The number of aryl methyl sites for hydroxylation is 2. The summed E-state index contributed by atoms with van der Waals surface area (Å²) < 4.78 is 1.64. The average Bonchev–Trinajstić information content (AvgIpc) is 3.32. The standard InChI is InChI=1S/C31H27N7O2/c1-19-9-14-25(36-30(39)24-12-10-22(16-32)11-13-24)15-27(19)37-29-28-20(2)26(17-38(28)34-18-33-29)31(40)35-21(3)23-7-5-4-6-8-23/h4-15,17-18,21H,1-3H3,(H,35,40)(H,36,39)(H,33,34,37)/t21-/m0/s1. The van der Waals surface area contributed by atoms with Crippen LogP contribution in [0.4, 0.5) is 17.2 Å². The maximum absolute atomic E-state index is 13.2. The van der Waals surface area contributed by atoms with Crippen molar-refractivity contribution in [2.24, 2.45) is 0 Å². The fourth-order valence-electron chi connectivity index (χ4n) is 4.44. The highest BCUT2D eigenvalue weighted by Crippen LogP contribution is 2.29. The second-order valence-electron chi connectivity index (χ2n) is 9.47. The number of hydrogen-bond acceptors (Lipinski definition) is 6. The first-order valence-electron chi connectivity index (χ1n) is 12.7. The zero-order valence-corrected chi connectivity index (χ0v) is 22.3. The van der Waals surface area contributed by atoms with Gasteiger partial charge in [-0.3, -0.25) is 9.59 Å². The van der Waals surface area contributed by atoms with Crippen LogP contribution >= 0.6 is 0 Å². The van der Waals surface area contributed by atoms with E-state index in [2.05, 4.69) is 26.0 Å². The van der Waals surface area contributed by atoms with Gasteiger partial charge in [-0.25, -0.2) is 9.50 Å². The topological polar surface area (TPSA) is 124 Å². The first kappa shape index (κ1) is 26.1. The molecule has 9 heteroatoms. The molecular formula is C31H27N7O2. The number of hydrogen-bond donors (Lipinski definition) is 3. The zero-order valence-electron chi connectivity index (χ0n) is 22.3. The number of carbonyl (C=O) groups excluding carboxylic acids is 2. The number of amides is 2. The van der Waals surface area contributed by atoms with Gasteiger partial charge in [-0.1, -0.05) is 36.4 Å². The first-order chi connectivity index (χ1) is 19.3. The number of fused-ring (bicyclic) bond motifs is 1. The summed E-state index contributed by atoms with van der Waals surface area (Å²) in [6, 6.07) is 23.6. The third-order valence-electron chi connectivity index (χ3n) is 6.74. The highest BCUT2D eigenvalue weighted by molar-refractivity contribution is 6.04. The van der Waals surface area contributed by atoms with Crippen LogP contribution in [0.2, 0.25) is 0 Å². The van der Waals surface area contributed by atoms with Crippen molar-refractivity contribution >= 4 is 34.5 Å². The van der Waals surface area contributed by atoms with E-state index in [9.17, 15) is 9.59 Å². The normalized spacial score (nSPS) is 11.4. The van der Waals surface area contributed by atoms with Gasteiger partial charge in [-0.15, -0.1) is 0 Å². The molecule has 0 saturated heterocycles. The summed E-state index contributed by atoms with van der Waals surface area (Å²) in [5.74, 6) is 0.0434. The van der Waals surface area contributed by atoms with Crippen LogP contribution in [0.5, 0.6) is 0 Å². The average molecular weight is 530 g/mol. The molecule has 3 aromatic carbocycles. The number of anilines is 3. The van der Waals surface area contributed by atoms with E-state index in [1.54, 1.807) is 35.0 Å². The number of carbonyl (C=O) groups is 2. The molecule has 0 saturated carbocycles. The van der Waals surface area contributed by atoms with Gasteiger partial charge in [0.2, 0.25) is 0 Å². The molecule has 5 aromatic rings. The van der Waals surface area contributed by atoms with Crippen molar-refractivity contribution in [3.05, 3.63) is 119 Å². The van der Waals surface area contributed by atoms with Crippen LogP contribution in [0.15, 0.2) is 85.3 Å². The third kappa shape index (κ3) is 5.37. The summed E-state index contributed by atoms with van der Waals surface area (Å²) in [5, 5.41) is 22.6. The lowest BCUT2D eigenvalue weighted by Gasteiger charge is -2.14. The maximum Gasteiger partial charge on any atom is 0.255 e. The lowest BCUT2D eigenvalue weighted by atomic mass is 10.1. The van der Waals surface area contributed by atoms with Crippen LogP contribution in [0, 0.1) is 25.2 Å². The molecule has 198 valence electrons. The van der Waals surface area contributed by atoms with E-state index in [1.165, 1.54) is 6.33 Å². The van der Waals surface area contributed by atoms with E-state index < -0.39 is 0 Å². The van der Waals surface area contributed by atoms with E-state index in [1.807, 2.05) is 75.4 Å². The summed E-state index contributed by atoms with van der Waals surface area (Å²) in [7, 11) is 0. The Bertz CT molecular complexity index is 1750. The van der Waals surface area contributed by atoms with Crippen molar-refractivity contribution in [2.45, 2.75) is 26.8 Å². The molecule has 0 aliphatic heterocycles. The first-order valence-corrected chi connectivity index (χ1v) is 12.7. The van der Waals surface area contributed by atoms with Gasteiger partial charge < -0.3 is 16.0 Å². The summed E-state index contributed by atoms with van der Waals surface area (Å²) >= 11 is 0. The van der Waals surface area contributed by atoms with Crippen molar-refractivity contribution in [1.29, 1.82) is 5.26 Å². The zero-order chi connectivity index (χ0) is 28.2. The lowest BCUT2D eigenvalue weighted by Crippen LogP contribution is -2.26. The number of rotatable bonds is 7. The Kier molecular flexibility index (Phi) is 7.25. The molecule has 9 nitrogen and oxygen atoms in total. The van der Waals surface area contributed by atoms with Crippen molar-refractivity contribution in [2.75, 3.05) is 10.6 Å². The summed E-state index contributed by atoms with van der Waals surface area (Å²) in [5.41, 5.74) is 6.14. The molecule has 0 aliphatic rings. The van der Waals surface area contributed by atoms with Crippen LogP contribution in [0.3, 0.4) is 0 Å². The third-order valence-corrected chi connectivity index (χ3v) is 6.74. The predicted octanol–water partition coefficient (Wildman–Crippen LogP) is 5.70. The molecular weight excluding hydrogens is 502 g/mol. The van der Waals surface area contributed by atoms with Gasteiger partial charge in [0, 0.05) is 23.1 Å². The molecule has 0 bridgehead atoms. The van der Waals surface area contributed by atoms with Gasteiger partial charge in [-0.05, 0) is 73.9 Å². The van der Waals surface area contributed by atoms with Gasteiger partial charge in [-0.2, -0.15) is 10.4 Å². The molecule has 2 amide bonds. The van der Waals surface area contributed by atoms with Crippen molar-refractivity contribution in [1.82, 2.24) is 19.9 Å². The van der Waals surface area contributed by atoms with E-state index in [4.69, 9.17) is 5.26 Å². The number of aromatic nitrogens is 3. The second-order valence-corrected chi connectivity index (χ2v) is 9.47. The Hall–Kier alpha value is -5.49. The smallest absolute Gasteiger partial charge is 0.255 e. The largest absolute Gasteiger partial charge is 0.345 e. The summed E-state index contributed by atoms with van der Waals surface area (Å²) in [6.07, 6.45) is 3.13. The van der Waals surface area contributed by atoms with Gasteiger partial charge in [0.05, 0.1) is 23.2 Å². The fourth-order valence-corrected chi connectivity index (χ4v) is 4.44. The molecule has 3 N–H and O–H groups in total. The Balaban J connectivity index is 1.38. The monoisotopic (exact) mass is 529 g/mol. The fraction of sp³-hybridized carbons (Fsp3) is 0.129. The van der Waals surface area contributed by atoms with E-state index >= 15 is 0 Å². The molecule has 2 aromatic heterocycles. The Morgan fingerprint density at radius 1 is 0.975 bits per heavy atom. The summed E-state index contributed by atoms with van der Waals surface area (Å²) in [6.45, 7) is 5.76. The van der Waals surface area contributed by atoms with Gasteiger partial charge in [0.1, 0.15) is 11.8 Å². The molecule has 0 aliphatic carbocycles. The van der Waals surface area contributed by atoms with Crippen LogP contribution in [0.25, 0.3) is 5.52 Å². The molecule has 5 rings (SSSR count). The van der Waals surface area contributed by atoms with Crippen LogP contribution < -0.4 is 16.0 Å². The summed E-state index contributed by atoms with van der Waals surface area (Å²) in [4.78, 5) is 30.4. The minimum atomic E-state index is -0.286. The minimum absolute atomic E-state index is 0.162.